The number of hydrogen-bond donors (Lipinski definition) is 3. The predicted octanol–water partition coefficient (Wildman–Crippen LogP) is 4.27. The molecule has 9 heteroatoms. The topological polar surface area (TPSA) is 94.6 Å². The quantitative estimate of drug-likeness (QED) is 0.471. The molecule has 1 aromatic heterocycles. The van der Waals surface area contributed by atoms with Crippen LogP contribution in [0.3, 0.4) is 0 Å². The summed E-state index contributed by atoms with van der Waals surface area (Å²) in [5.74, 6) is -0.0454. The Balaban J connectivity index is 1.24. The molecule has 7 nitrogen and oxygen atoms in total. The number of fused-ring (bicyclic) bond motifs is 1. The fourth-order valence-electron chi connectivity index (χ4n) is 4.73. The van der Waals surface area contributed by atoms with Gasteiger partial charge in [0.15, 0.2) is 0 Å². The first-order valence-corrected chi connectivity index (χ1v) is 12.6. The Bertz CT molecular complexity index is 1030. The van der Waals surface area contributed by atoms with Gasteiger partial charge in [0, 0.05) is 25.3 Å². The van der Waals surface area contributed by atoms with E-state index < -0.39 is 17.9 Å². The molecule has 3 heterocycles. The van der Waals surface area contributed by atoms with Gasteiger partial charge in [0.2, 0.25) is 0 Å². The number of aromatic nitrogens is 1. The average Bonchev–Trinajstić information content (AvgIpc) is 3.28. The minimum atomic E-state index is -1.07. The van der Waals surface area contributed by atoms with Crippen molar-refractivity contribution in [1.29, 1.82) is 0 Å². The summed E-state index contributed by atoms with van der Waals surface area (Å²) in [6.07, 6.45) is 5.66. The van der Waals surface area contributed by atoms with E-state index in [1.165, 1.54) is 5.56 Å². The van der Waals surface area contributed by atoms with Gasteiger partial charge in [0.25, 0.3) is 5.91 Å². The van der Waals surface area contributed by atoms with Crippen LogP contribution in [0.5, 0.6) is 0 Å². The van der Waals surface area contributed by atoms with Crippen LogP contribution in [-0.2, 0) is 17.6 Å². The summed E-state index contributed by atoms with van der Waals surface area (Å²) in [7, 11) is 0. The molecule has 1 aromatic carbocycles. The van der Waals surface area contributed by atoms with Crippen molar-refractivity contribution in [2.75, 3.05) is 31.5 Å². The number of halogens is 2. The van der Waals surface area contributed by atoms with E-state index in [4.69, 9.17) is 28.2 Å². The van der Waals surface area contributed by atoms with Gasteiger partial charge in [-0.1, -0.05) is 35.3 Å². The first-order valence-electron chi connectivity index (χ1n) is 11.8. The molecule has 2 aliphatic heterocycles. The number of rotatable bonds is 9. The van der Waals surface area contributed by atoms with Crippen molar-refractivity contribution >= 4 is 40.9 Å². The lowest BCUT2D eigenvalue weighted by Crippen LogP contribution is -2.43. The molecule has 2 unspecified atom stereocenters. The second-order valence-electron chi connectivity index (χ2n) is 9.08. The van der Waals surface area contributed by atoms with Gasteiger partial charge in [-0.25, -0.2) is 9.78 Å². The molecule has 1 saturated heterocycles. The Morgan fingerprint density at radius 2 is 2.03 bits per heavy atom. The number of benzene rings is 1. The molecule has 2 aromatic rings. The third-order valence-electron chi connectivity index (χ3n) is 6.66. The zero-order valence-corrected chi connectivity index (χ0v) is 20.5. The second kappa shape index (κ2) is 11.4. The van der Waals surface area contributed by atoms with Gasteiger partial charge in [-0.2, -0.15) is 0 Å². The first kappa shape index (κ1) is 24.8. The number of amides is 1. The van der Waals surface area contributed by atoms with Crippen LogP contribution in [-0.4, -0.2) is 59.1 Å². The molecule has 0 aliphatic carbocycles. The molecule has 3 N–H and O–H groups in total. The lowest BCUT2D eigenvalue weighted by Gasteiger charge is -2.20. The van der Waals surface area contributed by atoms with Crippen LogP contribution in [0, 0.1) is 5.92 Å². The molecule has 182 valence electrons. The predicted molar refractivity (Wildman–Crippen MR) is 134 cm³/mol. The monoisotopic (exact) mass is 504 g/mol. The molecular weight excluding hydrogens is 475 g/mol. The number of anilines is 1. The summed E-state index contributed by atoms with van der Waals surface area (Å²) in [5.41, 5.74) is 2.53. The Labute approximate surface area is 209 Å². The fraction of sp³-hybridized carbons (Fsp3) is 0.480. The van der Waals surface area contributed by atoms with Gasteiger partial charge < -0.3 is 20.6 Å². The highest BCUT2D eigenvalue weighted by Crippen LogP contribution is 2.26. The Morgan fingerprint density at radius 1 is 1.24 bits per heavy atom. The molecule has 4 rings (SSSR count). The number of nitrogens with zero attached hydrogens (tertiary/aromatic N) is 2. The standard InChI is InChI=1S/C25H30Cl2N4O3/c26-19-4-1-5-20(27)22(19)24(32)30-21(25(33)34)11-14-31-13-10-16(15-31)6-8-18-9-7-17-3-2-12-28-23(17)29-18/h1,4-5,7,9,16,21H,2-3,6,8,10-15H2,(H,28,29)(H,30,32)(H,33,34). The molecule has 2 atom stereocenters. The van der Waals surface area contributed by atoms with Crippen molar-refractivity contribution in [3.63, 3.8) is 0 Å². The second-order valence-corrected chi connectivity index (χ2v) is 9.90. The number of nitrogens with one attached hydrogen (secondary N) is 2. The molecular formula is C25H30Cl2N4O3. The normalized spacial score (nSPS) is 18.7. The minimum absolute atomic E-state index is 0.101. The van der Waals surface area contributed by atoms with Gasteiger partial charge in [-0.15, -0.1) is 0 Å². The number of hydrogen-bond acceptors (Lipinski definition) is 5. The van der Waals surface area contributed by atoms with Crippen LogP contribution in [0.2, 0.25) is 10.0 Å². The highest BCUT2D eigenvalue weighted by molar-refractivity contribution is 6.39. The Hall–Kier alpha value is -2.35. The maximum absolute atomic E-state index is 12.6. The van der Waals surface area contributed by atoms with Crippen LogP contribution >= 0.6 is 23.2 Å². The summed E-state index contributed by atoms with van der Waals surface area (Å²) in [5, 5.41) is 16.0. The fourth-order valence-corrected chi connectivity index (χ4v) is 5.29. The molecule has 1 amide bonds. The first-order chi connectivity index (χ1) is 16.4. The smallest absolute Gasteiger partial charge is 0.326 e. The molecule has 1 fully saturated rings. The van der Waals surface area contributed by atoms with Crippen molar-refractivity contribution in [2.24, 2.45) is 5.92 Å². The zero-order valence-electron chi connectivity index (χ0n) is 19.0. The van der Waals surface area contributed by atoms with E-state index in [-0.39, 0.29) is 15.6 Å². The number of aryl methyl sites for hydroxylation is 2. The van der Waals surface area contributed by atoms with Gasteiger partial charge in [-0.05, 0) is 74.8 Å². The average molecular weight is 505 g/mol. The maximum atomic E-state index is 12.6. The number of likely N-dealkylation sites (tertiary alicyclic amines) is 1. The van der Waals surface area contributed by atoms with Crippen molar-refractivity contribution in [1.82, 2.24) is 15.2 Å². The molecule has 0 radical (unpaired) electrons. The zero-order chi connectivity index (χ0) is 24.1. The number of pyridine rings is 1. The number of carbonyl (C=O) groups is 2. The molecule has 0 bridgehead atoms. The van der Waals surface area contributed by atoms with E-state index in [1.54, 1.807) is 18.2 Å². The molecule has 34 heavy (non-hydrogen) atoms. The van der Waals surface area contributed by atoms with E-state index in [0.717, 1.165) is 63.3 Å². The number of aliphatic carboxylic acids is 1. The van der Waals surface area contributed by atoms with Gasteiger partial charge >= 0.3 is 5.97 Å². The lowest BCUT2D eigenvalue weighted by molar-refractivity contribution is -0.139. The summed E-state index contributed by atoms with van der Waals surface area (Å²) in [6.45, 7) is 3.45. The third kappa shape index (κ3) is 6.20. The van der Waals surface area contributed by atoms with Crippen molar-refractivity contribution in [3.8, 4) is 0 Å². The minimum Gasteiger partial charge on any atom is -0.480 e. The van der Waals surface area contributed by atoms with E-state index in [0.29, 0.717) is 18.9 Å². The Kier molecular flexibility index (Phi) is 8.29. The van der Waals surface area contributed by atoms with Gasteiger partial charge in [0.05, 0.1) is 15.6 Å². The van der Waals surface area contributed by atoms with Crippen LogP contribution in [0.15, 0.2) is 30.3 Å². The van der Waals surface area contributed by atoms with Crippen LogP contribution in [0.4, 0.5) is 5.82 Å². The highest BCUT2D eigenvalue weighted by Gasteiger charge is 2.27. The van der Waals surface area contributed by atoms with Gasteiger partial charge in [0.1, 0.15) is 11.9 Å². The summed E-state index contributed by atoms with van der Waals surface area (Å²) < 4.78 is 0. The van der Waals surface area contributed by atoms with Crippen molar-refractivity contribution in [2.45, 2.75) is 44.6 Å². The number of carbonyl (C=O) groups excluding carboxylic acids is 1. The van der Waals surface area contributed by atoms with Crippen LogP contribution in [0.1, 0.15) is 47.3 Å². The lowest BCUT2D eigenvalue weighted by atomic mass is 10.00. The van der Waals surface area contributed by atoms with E-state index in [2.05, 4.69) is 27.7 Å². The summed E-state index contributed by atoms with van der Waals surface area (Å²) in [4.78, 5) is 31.4. The van der Waals surface area contributed by atoms with Crippen molar-refractivity contribution < 1.29 is 14.7 Å². The van der Waals surface area contributed by atoms with E-state index in [1.807, 2.05) is 0 Å². The van der Waals surface area contributed by atoms with Crippen LogP contribution < -0.4 is 10.6 Å². The van der Waals surface area contributed by atoms with Gasteiger partial charge in [-0.3, -0.25) is 4.79 Å². The van der Waals surface area contributed by atoms with E-state index >= 15 is 0 Å². The summed E-state index contributed by atoms with van der Waals surface area (Å²) in [6, 6.07) is 8.08. The molecule has 0 spiro atoms. The van der Waals surface area contributed by atoms with Crippen LogP contribution in [0.25, 0.3) is 0 Å². The SMILES string of the molecule is O=C(NC(CCN1CCC(CCc2ccc3c(n2)NCCC3)C1)C(=O)O)c1c(Cl)cccc1Cl. The van der Waals surface area contributed by atoms with Crippen molar-refractivity contribution in [3.05, 3.63) is 57.2 Å². The maximum Gasteiger partial charge on any atom is 0.326 e. The third-order valence-corrected chi connectivity index (χ3v) is 7.29. The molecule has 0 saturated carbocycles. The molecule has 2 aliphatic rings. The number of carboxylic acids is 1. The Morgan fingerprint density at radius 3 is 2.79 bits per heavy atom. The number of carboxylic acid groups (broad SMARTS) is 1. The largest absolute Gasteiger partial charge is 0.480 e. The summed E-state index contributed by atoms with van der Waals surface area (Å²) >= 11 is 12.2. The van der Waals surface area contributed by atoms with E-state index in [9.17, 15) is 14.7 Å². The highest BCUT2D eigenvalue weighted by atomic mass is 35.5.